The first kappa shape index (κ1) is 21.7. The predicted octanol–water partition coefficient (Wildman–Crippen LogP) is 3.69. The monoisotopic (exact) mass is 461 g/mol. The molecule has 0 unspecified atom stereocenters. The number of hydrogen-bond acceptors (Lipinski definition) is 7. The van der Waals surface area contributed by atoms with Crippen LogP contribution in [0.2, 0.25) is 0 Å². The Labute approximate surface area is 190 Å². The van der Waals surface area contributed by atoms with Crippen molar-refractivity contribution in [3.05, 3.63) is 28.9 Å². The number of nitrogens with one attached hydrogen (secondary N) is 2. The van der Waals surface area contributed by atoms with E-state index < -0.39 is 6.43 Å². The third kappa shape index (κ3) is 4.35. The predicted molar refractivity (Wildman–Crippen MR) is 123 cm³/mol. The maximum absolute atomic E-state index is 13.1. The second-order valence-corrected chi connectivity index (χ2v) is 10.4. The zero-order valence-corrected chi connectivity index (χ0v) is 19.4. The zero-order valence-electron chi connectivity index (χ0n) is 18.6. The Balaban J connectivity index is 1.53. The molecule has 2 atom stereocenters. The smallest absolute Gasteiger partial charge is 0.291 e. The molecule has 10 heteroatoms. The van der Waals surface area contributed by atoms with Crippen LogP contribution in [-0.4, -0.2) is 57.2 Å². The highest BCUT2D eigenvalue weighted by Crippen LogP contribution is 2.35. The summed E-state index contributed by atoms with van der Waals surface area (Å²) in [6.07, 6.45) is 2.53. The van der Waals surface area contributed by atoms with Crippen molar-refractivity contribution in [3.63, 3.8) is 0 Å². The van der Waals surface area contributed by atoms with Gasteiger partial charge in [-0.1, -0.05) is 11.3 Å². The molecule has 0 radical (unpaired) electrons. The number of benzene rings is 1. The first-order valence-corrected chi connectivity index (χ1v) is 12.0. The third-order valence-electron chi connectivity index (χ3n) is 6.39. The normalized spacial score (nSPS) is 22.8. The molecule has 3 heterocycles. The number of anilines is 1. The van der Waals surface area contributed by atoms with Crippen molar-refractivity contribution in [2.24, 2.45) is 0 Å². The van der Waals surface area contributed by atoms with Gasteiger partial charge in [-0.2, -0.15) is 5.10 Å². The lowest BCUT2D eigenvalue weighted by molar-refractivity contribution is 0.150. The number of rotatable bonds is 7. The second kappa shape index (κ2) is 8.31. The van der Waals surface area contributed by atoms with E-state index in [-0.39, 0.29) is 10.5 Å². The van der Waals surface area contributed by atoms with Gasteiger partial charge in [0.2, 0.25) is 5.13 Å². The number of halogens is 2. The van der Waals surface area contributed by atoms with Crippen molar-refractivity contribution in [3.8, 4) is 5.13 Å². The summed E-state index contributed by atoms with van der Waals surface area (Å²) in [5.74, 6) is 0. The van der Waals surface area contributed by atoms with Crippen LogP contribution in [0.15, 0.2) is 18.3 Å². The standard InChI is InChI=1S/C22H29F2N7S/c1-13-11-30(12-14(2)27-13)17-8-15(4-7-25-22(3)5-6-22)9-18-16(17)10-26-31(18)21-29-28-20(32-21)19(23)24/h8-10,13-14,19,25,27H,4-7,11-12H2,1-3H3/t13-,14-/m0/s1. The van der Waals surface area contributed by atoms with Gasteiger partial charge in [-0.3, -0.25) is 0 Å². The number of hydrogen-bond donors (Lipinski definition) is 2. The van der Waals surface area contributed by atoms with Gasteiger partial charge in [0.25, 0.3) is 6.43 Å². The molecule has 172 valence electrons. The summed E-state index contributed by atoms with van der Waals surface area (Å²) in [5, 5.41) is 20.5. The number of nitrogens with zero attached hydrogens (tertiary/aromatic N) is 5. The van der Waals surface area contributed by atoms with Crippen LogP contribution >= 0.6 is 11.3 Å². The number of aromatic nitrogens is 4. The molecule has 1 aromatic carbocycles. The van der Waals surface area contributed by atoms with E-state index in [1.807, 2.05) is 6.20 Å². The van der Waals surface area contributed by atoms with Gasteiger partial charge in [0, 0.05) is 41.8 Å². The fraction of sp³-hybridized carbons (Fsp3) is 0.591. The Morgan fingerprint density at radius 2 is 1.97 bits per heavy atom. The quantitative estimate of drug-likeness (QED) is 0.559. The van der Waals surface area contributed by atoms with E-state index in [1.165, 1.54) is 18.4 Å². The van der Waals surface area contributed by atoms with Crippen LogP contribution < -0.4 is 15.5 Å². The van der Waals surface area contributed by atoms with Gasteiger partial charge in [0.05, 0.1) is 11.7 Å². The first-order valence-electron chi connectivity index (χ1n) is 11.2. The SMILES string of the molecule is C[C@H]1CN(c2cc(CCNC3(C)CC3)cc3c2cnn3-c2nnc(C(F)F)s2)C[C@H](C)N1. The molecule has 32 heavy (non-hydrogen) atoms. The molecule has 3 aromatic rings. The van der Waals surface area contributed by atoms with E-state index in [9.17, 15) is 8.78 Å². The lowest BCUT2D eigenvalue weighted by Crippen LogP contribution is -2.54. The van der Waals surface area contributed by atoms with Crippen molar-refractivity contribution < 1.29 is 8.78 Å². The Morgan fingerprint density at radius 3 is 2.62 bits per heavy atom. The highest BCUT2D eigenvalue weighted by molar-refractivity contribution is 7.13. The van der Waals surface area contributed by atoms with E-state index >= 15 is 0 Å². The molecule has 5 rings (SSSR count). The molecule has 2 aliphatic rings. The molecule has 1 aliphatic heterocycles. The van der Waals surface area contributed by atoms with Crippen molar-refractivity contribution in [2.45, 2.75) is 64.1 Å². The summed E-state index contributed by atoms with van der Waals surface area (Å²) >= 11 is 0.883. The van der Waals surface area contributed by atoms with E-state index in [2.05, 4.69) is 63.7 Å². The van der Waals surface area contributed by atoms with Crippen LogP contribution in [0.25, 0.3) is 16.0 Å². The Hall–Kier alpha value is -2.17. The summed E-state index contributed by atoms with van der Waals surface area (Å²) in [6.45, 7) is 9.35. The molecule has 1 saturated carbocycles. The van der Waals surface area contributed by atoms with Crippen molar-refractivity contribution in [2.75, 3.05) is 24.5 Å². The number of piperazine rings is 1. The van der Waals surface area contributed by atoms with E-state index in [4.69, 9.17) is 0 Å². The van der Waals surface area contributed by atoms with E-state index in [0.29, 0.717) is 17.2 Å². The third-order valence-corrected chi connectivity index (χ3v) is 7.29. The molecule has 0 spiro atoms. The lowest BCUT2D eigenvalue weighted by atomic mass is 10.0. The number of alkyl halides is 2. The average Bonchev–Trinajstić information content (AvgIpc) is 3.14. The molecular formula is C22H29F2N7S. The molecule has 0 amide bonds. The minimum atomic E-state index is -2.63. The van der Waals surface area contributed by atoms with Gasteiger partial charge in [-0.15, -0.1) is 10.2 Å². The van der Waals surface area contributed by atoms with Crippen LogP contribution in [0, 0.1) is 0 Å². The van der Waals surface area contributed by atoms with Crippen LogP contribution in [0.5, 0.6) is 0 Å². The summed E-state index contributed by atoms with van der Waals surface area (Å²) in [4.78, 5) is 2.41. The van der Waals surface area contributed by atoms with E-state index in [1.54, 1.807) is 4.68 Å². The van der Waals surface area contributed by atoms with Crippen molar-refractivity contribution >= 4 is 27.9 Å². The fourth-order valence-electron chi connectivity index (χ4n) is 4.52. The summed E-state index contributed by atoms with van der Waals surface area (Å²) in [7, 11) is 0. The molecule has 1 aliphatic carbocycles. The summed E-state index contributed by atoms with van der Waals surface area (Å²) < 4.78 is 27.8. The average molecular weight is 462 g/mol. The Morgan fingerprint density at radius 1 is 1.22 bits per heavy atom. The van der Waals surface area contributed by atoms with Gasteiger partial charge in [-0.05, 0) is 64.3 Å². The van der Waals surface area contributed by atoms with E-state index in [0.717, 1.165) is 54.0 Å². The lowest BCUT2D eigenvalue weighted by Gasteiger charge is -2.38. The van der Waals surface area contributed by atoms with Crippen LogP contribution in [0.1, 0.15) is 50.6 Å². The van der Waals surface area contributed by atoms with Crippen LogP contribution in [0.4, 0.5) is 14.5 Å². The van der Waals surface area contributed by atoms with Crippen LogP contribution in [0.3, 0.4) is 0 Å². The molecule has 2 aromatic heterocycles. The Kier molecular flexibility index (Phi) is 5.63. The van der Waals surface area contributed by atoms with Gasteiger partial charge in [0.15, 0.2) is 5.01 Å². The summed E-state index contributed by atoms with van der Waals surface area (Å²) in [5.41, 5.74) is 3.51. The highest BCUT2D eigenvalue weighted by atomic mass is 32.1. The zero-order chi connectivity index (χ0) is 22.5. The number of fused-ring (bicyclic) bond motifs is 1. The topological polar surface area (TPSA) is 70.9 Å². The molecular weight excluding hydrogens is 432 g/mol. The maximum atomic E-state index is 13.1. The molecule has 7 nitrogen and oxygen atoms in total. The largest absolute Gasteiger partial charge is 0.368 e. The minimum Gasteiger partial charge on any atom is -0.368 e. The first-order chi connectivity index (χ1) is 15.3. The molecule has 1 saturated heterocycles. The Bertz CT molecular complexity index is 1100. The van der Waals surface area contributed by atoms with Gasteiger partial charge >= 0.3 is 0 Å². The second-order valence-electron chi connectivity index (χ2n) is 9.44. The van der Waals surface area contributed by atoms with Gasteiger partial charge in [-0.25, -0.2) is 13.5 Å². The highest BCUT2D eigenvalue weighted by Gasteiger charge is 2.36. The van der Waals surface area contributed by atoms with Gasteiger partial charge in [0.1, 0.15) is 0 Å². The van der Waals surface area contributed by atoms with Crippen molar-refractivity contribution in [1.82, 2.24) is 30.6 Å². The van der Waals surface area contributed by atoms with Crippen LogP contribution in [-0.2, 0) is 6.42 Å². The van der Waals surface area contributed by atoms with Gasteiger partial charge < -0.3 is 15.5 Å². The maximum Gasteiger partial charge on any atom is 0.291 e. The molecule has 0 bridgehead atoms. The minimum absolute atomic E-state index is 0.286. The summed E-state index contributed by atoms with van der Waals surface area (Å²) in [6, 6.07) is 5.13. The molecule has 2 fully saturated rings. The van der Waals surface area contributed by atoms with Crippen molar-refractivity contribution in [1.29, 1.82) is 0 Å². The molecule has 2 N–H and O–H groups in total. The fourth-order valence-corrected chi connectivity index (χ4v) is 5.19.